The molecule has 0 saturated carbocycles. The molecule has 0 radical (unpaired) electrons. The molecule has 1 saturated heterocycles. The van der Waals surface area contributed by atoms with E-state index in [0.717, 1.165) is 25.3 Å². The molecule has 2 rings (SSSR count). The van der Waals surface area contributed by atoms with Crippen LogP contribution in [0.25, 0.3) is 0 Å². The molecule has 0 aromatic heterocycles. The lowest BCUT2D eigenvalue weighted by molar-refractivity contribution is 0.217. The first-order chi connectivity index (χ1) is 10.0. The Bertz CT molecular complexity index is 447. The average molecular weight is 290 g/mol. The van der Waals surface area contributed by atoms with Crippen LogP contribution in [0.2, 0.25) is 0 Å². The molecule has 0 spiro atoms. The zero-order valence-corrected chi connectivity index (χ0v) is 14.1. The van der Waals surface area contributed by atoms with Crippen LogP contribution in [0.1, 0.15) is 41.0 Å². The fourth-order valence-corrected chi connectivity index (χ4v) is 2.75. The molecule has 3 heteroatoms. The van der Waals surface area contributed by atoms with Gasteiger partial charge in [0.2, 0.25) is 0 Å². The van der Waals surface area contributed by atoms with Crippen LogP contribution in [0.15, 0.2) is 24.3 Å². The first-order valence-corrected chi connectivity index (χ1v) is 8.28. The maximum absolute atomic E-state index is 5.96. The van der Waals surface area contributed by atoms with Crippen molar-refractivity contribution in [2.75, 3.05) is 18.0 Å². The van der Waals surface area contributed by atoms with Gasteiger partial charge < -0.3 is 15.0 Å². The van der Waals surface area contributed by atoms with E-state index in [1.807, 2.05) is 0 Å². The number of nitrogens with zero attached hydrogens (tertiary/aromatic N) is 1. The van der Waals surface area contributed by atoms with Crippen LogP contribution in [0.4, 0.5) is 5.69 Å². The fourth-order valence-electron chi connectivity index (χ4n) is 2.75. The smallest absolute Gasteiger partial charge is 0.121 e. The topological polar surface area (TPSA) is 24.5 Å². The van der Waals surface area contributed by atoms with Gasteiger partial charge in [-0.15, -0.1) is 0 Å². The van der Waals surface area contributed by atoms with Crippen LogP contribution < -0.4 is 15.0 Å². The highest BCUT2D eigenvalue weighted by Crippen LogP contribution is 2.26. The Hall–Kier alpha value is -1.22. The molecule has 1 fully saturated rings. The van der Waals surface area contributed by atoms with Gasteiger partial charge in [0.25, 0.3) is 0 Å². The van der Waals surface area contributed by atoms with Crippen molar-refractivity contribution < 1.29 is 4.74 Å². The van der Waals surface area contributed by atoms with Gasteiger partial charge in [0.15, 0.2) is 0 Å². The summed E-state index contributed by atoms with van der Waals surface area (Å²) in [5.74, 6) is 1.63. The van der Waals surface area contributed by atoms with E-state index < -0.39 is 0 Å². The summed E-state index contributed by atoms with van der Waals surface area (Å²) >= 11 is 0. The van der Waals surface area contributed by atoms with Crippen LogP contribution in [0.3, 0.4) is 0 Å². The Kier molecular flexibility index (Phi) is 5.51. The third kappa shape index (κ3) is 4.13. The summed E-state index contributed by atoms with van der Waals surface area (Å²) in [5.41, 5.74) is 1.27. The minimum atomic E-state index is 0.268. The van der Waals surface area contributed by atoms with Gasteiger partial charge in [0, 0.05) is 36.9 Å². The summed E-state index contributed by atoms with van der Waals surface area (Å²) in [6, 6.07) is 9.61. The summed E-state index contributed by atoms with van der Waals surface area (Å²) in [6.07, 6.45) is 1.30. The van der Waals surface area contributed by atoms with Gasteiger partial charge in [-0.25, -0.2) is 0 Å². The summed E-state index contributed by atoms with van der Waals surface area (Å²) < 4.78 is 5.96. The number of rotatable bonds is 5. The molecule has 1 aliphatic rings. The normalized spacial score (nSPS) is 24.2. The number of hydrogen-bond donors (Lipinski definition) is 1. The summed E-state index contributed by atoms with van der Waals surface area (Å²) in [7, 11) is 0. The largest absolute Gasteiger partial charge is 0.491 e. The fraction of sp³-hybridized carbons (Fsp3) is 0.667. The first-order valence-electron chi connectivity index (χ1n) is 8.28. The van der Waals surface area contributed by atoms with Gasteiger partial charge in [-0.1, -0.05) is 26.8 Å². The van der Waals surface area contributed by atoms with Crippen molar-refractivity contribution in [1.29, 1.82) is 0 Å². The Morgan fingerprint density at radius 2 is 2.10 bits per heavy atom. The van der Waals surface area contributed by atoms with Gasteiger partial charge in [-0.3, -0.25) is 0 Å². The quantitative estimate of drug-likeness (QED) is 0.895. The standard InChI is InChI=1S/C18H30N2O/c1-6-15(5)21-17-9-7-8-16(10-17)20-12-18(13(2)3)19-11-14(20)4/h7-10,13-15,18-19H,6,11-12H2,1-5H3. The van der Waals surface area contributed by atoms with E-state index in [9.17, 15) is 0 Å². The Labute approximate surface area is 129 Å². The van der Waals surface area contributed by atoms with Crippen LogP contribution in [0.5, 0.6) is 5.75 Å². The van der Waals surface area contributed by atoms with Gasteiger partial charge >= 0.3 is 0 Å². The lowest BCUT2D eigenvalue weighted by Gasteiger charge is -2.42. The second-order valence-corrected chi connectivity index (χ2v) is 6.59. The van der Waals surface area contributed by atoms with Crippen molar-refractivity contribution in [3.63, 3.8) is 0 Å². The maximum Gasteiger partial charge on any atom is 0.121 e. The van der Waals surface area contributed by atoms with Crippen molar-refractivity contribution in [3.05, 3.63) is 24.3 Å². The number of nitrogens with one attached hydrogen (secondary N) is 1. The van der Waals surface area contributed by atoms with Crippen LogP contribution in [-0.4, -0.2) is 31.3 Å². The lowest BCUT2D eigenvalue weighted by Crippen LogP contribution is -2.57. The molecule has 0 aliphatic carbocycles. The number of piperazine rings is 1. The minimum Gasteiger partial charge on any atom is -0.491 e. The summed E-state index contributed by atoms with van der Waals surface area (Å²) in [4.78, 5) is 2.50. The molecular weight excluding hydrogens is 260 g/mol. The van der Waals surface area contributed by atoms with Crippen LogP contribution >= 0.6 is 0 Å². The Morgan fingerprint density at radius 1 is 1.33 bits per heavy atom. The second-order valence-electron chi connectivity index (χ2n) is 6.59. The Morgan fingerprint density at radius 3 is 2.76 bits per heavy atom. The van der Waals surface area contributed by atoms with Crippen LogP contribution in [-0.2, 0) is 0 Å². The van der Waals surface area contributed by atoms with Crippen molar-refractivity contribution in [3.8, 4) is 5.75 Å². The molecule has 3 unspecified atom stereocenters. The van der Waals surface area contributed by atoms with Gasteiger partial charge in [-0.05, 0) is 38.3 Å². The molecule has 0 amide bonds. The SMILES string of the molecule is CCC(C)Oc1cccc(N2CC(C(C)C)NCC2C)c1. The molecule has 1 aliphatic heterocycles. The van der Waals surface area contributed by atoms with Gasteiger partial charge in [-0.2, -0.15) is 0 Å². The van der Waals surface area contributed by atoms with Crippen molar-refractivity contribution in [1.82, 2.24) is 5.32 Å². The zero-order chi connectivity index (χ0) is 15.4. The highest BCUT2D eigenvalue weighted by atomic mass is 16.5. The number of ether oxygens (including phenoxy) is 1. The van der Waals surface area contributed by atoms with E-state index in [4.69, 9.17) is 4.74 Å². The van der Waals surface area contributed by atoms with E-state index in [0.29, 0.717) is 18.0 Å². The number of hydrogen-bond acceptors (Lipinski definition) is 3. The average Bonchev–Trinajstić information content (AvgIpc) is 2.47. The van der Waals surface area contributed by atoms with E-state index in [1.165, 1.54) is 5.69 Å². The van der Waals surface area contributed by atoms with E-state index in [2.05, 4.69) is 69.1 Å². The predicted octanol–water partition coefficient (Wildman–Crippen LogP) is 3.69. The third-order valence-corrected chi connectivity index (χ3v) is 4.47. The van der Waals surface area contributed by atoms with E-state index >= 15 is 0 Å². The van der Waals surface area contributed by atoms with E-state index in [1.54, 1.807) is 0 Å². The molecule has 1 heterocycles. The molecule has 1 N–H and O–H groups in total. The highest BCUT2D eigenvalue weighted by molar-refractivity contribution is 5.52. The Balaban J connectivity index is 2.13. The zero-order valence-electron chi connectivity index (χ0n) is 14.1. The molecular formula is C18H30N2O. The lowest BCUT2D eigenvalue weighted by atomic mass is 9.99. The summed E-state index contributed by atoms with van der Waals surface area (Å²) in [6.45, 7) is 13.2. The van der Waals surface area contributed by atoms with Gasteiger partial charge in [0.05, 0.1) is 6.10 Å². The maximum atomic E-state index is 5.96. The molecule has 0 bridgehead atoms. The predicted molar refractivity (Wildman–Crippen MR) is 90.3 cm³/mol. The third-order valence-electron chi connectivity index (χ3n) is 4.47. The minimum absolute atomic E-state index is 0.268. The van der Waals surface area contributed by atoms with Crippen molar-refractivity contribution in [2.45, 2.75) is 59.2 Å². The highest BCUT2D eigenvalue weighted by Gasteiger charge is 2.27. The first kappa shape index (κ1) is 16.2. The molecule has 3 atom stereocenters. The van der Waals surface area contributed by atoms with Crippen LogP contribution in [0, 0.1) is 5.92 Å². The summed E-state index contributed by atoms with van der Waals surface area (Å²) in [5, 5.41) is 3.65. The monoisotopic (exact) mass is 290 g/mol. The van der Waals surface area contributed by atoms with Crippen molar-refractivity contribution in [2.24, 2.45) is 5.92 Å². The molecule has 21 heavy (non-hydrogen) atoms. The number of anilines is 1. The number of benzene rings is 1. The molecule has 1 aromatic rings. The van der Waals surface area contributed by atoms with Crippen molar-refractivity contribution >= 4 is 5.69 Å². The molecule has 3 nitrogen and oxygen atoms in total. The molecule has 1 aromatic carbocycles. The molecule has 118 valence electrons. The second kappa shape index (κ2) is 7.17. The van der Waals surface area contributed by atoms with E-state index in [-0.39, 0.29) is 6.10 Å². The van der Waals surface area contributed by atoms with Gasteiger partial charge in [0.1, 0.15) is 5.75 Å².